The van der Waals surface area contributed by atoms with Crippen LogP contribution in [0, 0.1) is 5.82 Å². The Morgan fingerprint density at radius 2 is 2.28 bits per heavy atom. The Morgan fingerprint density at radius 1 is 1.50 bits per heavy atom. The molecule has 2 atom stereocenters. The smallest absolute Gasteiger partial charge is 0.187 e. The number of hydrogen-bond donors (Lipinski definition) is 2. The molecule has 0 amide bonds. The summed E-state index contributed by atoms with van der Waals surface area (Å²) in [5, 5.41) is 0. The van der Waals surface area contributed by atoms with Crippen molar-refractivity contribution in [2.45, 2.75) is 18.9 Å². The second kappa shape index (κ2) is 5.43. The highest BCUT2D eigenvalue weighted by Crippen LogP contribution is 2.25. The highest BCUT2D eigenvalue weighted by Gasteiger charge is 2.32. The molecule has 1 saturated heterocycles. The van der Waals surface area contributed by atoms with E-state index in [0.29, 0.717) is 30.6 Å². The quantitative estimate of drug-likeness (QED) is 0.737. The van der Waals surface area contributed by atoms with Crippen LogP contribution in [0.25, 0.3) is 0 Å². The fourth-order valence-corrected chi connectivity index (χ4v) is 2.01. The Labute approximate surface area is 104 Å². The van der Waals surface area contributed by atoms with Crippen LogP contribution in [0.5, 0.6) is 0 Å². The average molecular weight is 253 g/mol. The normalized spacial score (nSPS) is 23.4. The molecular weight excluding hydrogens is 237 g/mol. The van der Waals surface area contributed by atoms with E-state index < -0.39 is 6.23 Å². The minimum atomic E-state index is -0.707. The molecule has 0 radical (unpaired) electrons. The van der Waals surface area contributed by atoms with Crippen molar-refractivity contribution in [3.05, 3.63) is 29.6 Å². The molecule has 6 heteroatoms. The standard InChI is InChI=1S/C12H16FN3O2/c13-11-3-9(2-1-8(11)4-14)16-6-10(5-15)18-12(16)7-17/h1-3,7,10,12H,4-6,14-15H2/t10-,12?/m0/s1. The molecule has 2 rings (SSSR count). The van der Waals surface area contributed by atoms with Crippen LogP contribution < -0.4 is 16.4 Å². The van der Waals surface area contributed by atoms with Crippen LogP contribution in [-0.4, -0.2) is 31.7 Å². The summed E-state index contributed by atoms with van der Waals surface area (Å²) in [6.07, 6.45) is -0.233. The van der Waals surface area contributed by atoms with E-state index in [1.165, 1.54) is 6.07 Å². The third-order valence-corrected chi connectivity index (χ3v) is 3.01. The first-order valence-electron chi connectivity index (χ1n) is 5.75. The SMILES string of the molecule is NCc1ccc(N2C[C@H](CN)OC2C=O)cc1F. The zero-order chi connectivity index (χ0) is 13.1. The molecule has 0 aliphatic carbocycles. The first-order chi connectivity index (χ1) is 8.69. The molecular formula is C12H16FN3O2. The van der Waals surface area contributed by atoms with Gasteiger partial charge in [0.2, 0.25) is 0 Å². The predicted molar refractivity (Wildman–Crippen MR) is 65.4 cm³/mol. The molecule has 18 heavy (non-hydrogen) atoms. The second-order valence-corrected chi connectivity index (χ2v) is 4.15. The maximum atomic E-state index is 13.7. The number of rotatable bonds is 4. The summed E-state index contributed by atoms with van der Waals surface area (Å²) < 4.78 is 19.1. The van der Waals surface area contributed by atoms with Crippen molar-refractivity contribution in [1.29, 1.82) is 0 Å². The monoisotopic (exact) mass is 253 g/mol. The number of nitrogens with two attached hydrogens (primary N) is 2. The van der Waals surface area contributed by atoms with Crippen molar-refractivity contribution in [3.8, 4) is 0 Å². The lowest BCUT2D eigenvalue weighted by atomic mass is 10.1. The van der Waals surface area contributed by atoms with Crippen molar-refractivity contribution in [2.24, 2.45) is 11.5 Å². The molecule has 0 aromatic heterocycles. The molecule has 5 nitrogen and oxygen atoms in total. The summed E-state index contributed by atoms with van der Waals surface area (Å²) in [5.41, 5.74) is 11.9. The molecule has 1 aliphatic rings. The van der Waals surface area contributed by atoms with Crippen molar-refractivity contribution >= 4 is 12.0 Å². The van der Waals surface area contributed by atoms with Gasteiger partial charge in [0.25, 0.3) is 0 Å². The van der Waals surface area contributed by atoms with Crippen LogP contribution in [0.4, 0.5) is 10.1 Å². The van der Waals surface area contributed by atoms with Gasteiger partial charge in [0.15, 0.2) is 12.5 Å². The lowest BCUT2D eigenvalue weighted by Crippen LogP contribution is -2.31. The van der Waals surface area contributed by atoms with Crippen LogP contribution >= 0.6 is 0 Å². The van der Waals surface area contributed by atoms with Gasteiger partial charge in [-0.05, 0) is 12.1 Å². The van der Waals surface area contributed by atoms with Crippen LogP contribution in [0.1, 0.15) is 5.56 Å². The highest BCUT2D eigenvalue weighted by molar-refractivity contribution is 5.65. The Hall–Kier alpha value is -1.50. The zero-order valence-electron chi connectivity index (χ0n) is 9.88. The Morgan fingerprint density at radius 3 is 2.83 bits per heavy atom. The summed E-state index contributed by atoms with van der Waals surface area (Å²) in [6.45, 7) is 0.941. The number of benzene rings is 1. The molecule has 1 aliphatic heterocycles. The van der Waals surface area contributed by atoms with E-state index >= 15 is 0 Å². The molecule has 1 aromatic rings. The summed E-state index contributed by atoms with van der Waals surface area (Å²) in [5.74, 6) is -0.379. The van der Waals surface area contributed by atoms with Crippen molar-refractivity contribution in [3.63, 3.8) is 0 Å². The van der Waals surface area contributed by atoms with Crippen molar-refractivity contribution in [1.82, 2.24) is 0 Å². The molecule has 98 valence electrons. The number of hydrogen-bond acceptors (Lipinski definition) is 5. The molecule has 0 spiro atoms. The van der Waals surface area contributed by atoms with Crippen molar-refractivity contribution in [2.75, 3.05) is 18.0 Å². The van der Waals surface area contributed by atoms with Gasteiger partial charge in [0.1, 0.15) is 5.82 Å². The highest BCUT2D eigenvalue weighted by atomic mass is 19.1. The number of ether oxygens (including phenoxy) is 1. The van der Waals surface area contributed by atoms with Crippen LogP contribution in [0.3, 0.4) is 0 Å². The maximum absolute atomic E-state index is 13.7. The first kappa shape index (κ1) is 12.9. The molecule has 1 unspecified atom stereocenters. The minimum absolute atomic E-state index is 0.144. The predicted octanol–water partition coefficient (Wildman–Crippen LogP) is -0.0267. The molecule has 4 N–H and O–H groups in total. The number of nitrogens with zero attached hydrogens (tertiary/aromatic N) is 1. The Kier molecular flexibility index (Phi) is 3.90. The van der Waals surface area contributed by atoms with E-state index in [4.69, 9.17) is 16.2 Å². The number of aldehydes is 1. The molecule has 1 aromatic carbocycles. The van der Waals surface area contributed by atoms with E-state index in [1.54, 1.807) is 17.0 Å². The number of anilines is 1. The summed E-state index contributed by atoms with van der Waals surface area (Å²) >= 11 is 0. The second-order valence-electron chi connectivity index (χ2n) is 4.15. The van der Waals surface area contributed by atoms with Gasteiger partial charge in [0, 0.05) is 30.9 Å². The Bertz CT molecular complexity index is 441. The summed E-state index contributed by atoms with van der Waals surface area (Å²) in [7, 11) is 0. The minimum Gasteiger partial charge on any atom is -0.345 e. The fourth-order valence-electron chi connectivity index (χ4n) is 2.01. The van der Waals surface area contributed by atoms with Gasteiger partial charge in [-0.25, -0.2) is 4.39 Å². The van der Waals surface area contributed by atoms with Gasteiger partial charge >= 0.3 is 0 Å². The molecule has 0 bridgehead atoms. The van der Waals surface area contributed by atoms with Crippen LogP contribution in [0.15, 0.2) is 18.2 Å². The van der Waals surface area contributed by atoms with Crippen molar-refractivity contribution < 1.29 is 13.9 Å². The summed E-state index contributed by atoms with van der Waals surface area (Å²) in [6, 6.07) is 4.70. The largest absolute Gasteiger partial charge is 0.345 e. The third kappa shape index (κ3) is 2.35. The molecule has 1 fully saturated rings. The van der Waals surface area contributed by atoms with E-state index in [9.17, 15) is 9.18 Å². The van der Waals surface area contributed by atoms with Gasteiger partial charge in [-0.15, -0.1) is 0 Å². The first-order valence-corrected chi connectivity index (χ1v) is 5.75. The molecule has 0 saturated carbocycles. The zero-order valence-corrected chi connectivity index (χ0v) is 9.88. The Balaban J connectivity index is 2.25. The van der Waals surface area contributed by atoms with Gasteiger partial charge in [0.05, 0.1) is 6.10 Å². The van der Waals surface area contributed by atoms with E-state index in [-0.39, 0.29) is 18.5 Å². The number of halogens is 1. The topological polar surface area (TPSA) is 81.6 Å². The van der Waals surface area contributed by atoms with Crippen LogP contribution in [0.2, 0.25) is 0 Å². The molecule has 1 heterocycles. The number of carbonyl (C=O) groups is 1. The maximum Gasteiger partial charge on any atom is 0.187 e. The number of carbonyl (C=O) groups excluding carboxylic acids is 1. The third-order valence-electron chi connectivity index (χ3n) is 3.01. The van der Waals surface area contributed by atoms with Crippen LogP contribution in [-0.2, 0) is 16.1 Å². The fraction of sp³-hybridized carbons (Fsp3) is 0.417. The average Bonchev–Trinajstić information content (AvgIpc) is 2.82. The van der Waals surface area contributed by atoms with Gasteiger partial charge in [-0.2, -0.15) is 0 Å². The lowest BCUT2D eigenvalue weighted by molar-refractivity contribution is -0.117. The van der Waals surface area contributed by atoms with E-state index in [2.05, 4.69) is 0 Å². The van der Waals surface area contributed by atoms with Gasteiger partial charge in [-0.3, -0.25) is 4.79 Å². The van der Waals surface area contributed by atoms with E-state index in [0.717, 1.165) is 0 Å². The van der Waals surface area contributed by atoms with Gasteiger partial charge in [-0.1, -0.05) is 6.07 Å². The van der Waals surface area contributed by atoms with E-state index in [1.807, 2.05) is 0 Å². The summed E-state index contributed by atoms with van der Waals surface area (Å²) in [4.78, 5) is 12.6. The van der Waals surface area contributed by atoms with Gasteiger partial charge < -0.3 is 21.1 Å². The lowest BCUT2D eigenvalue weighted by Gasteiger charge is -2.21.